The summed E-state index contributed by atoms with van der Waals surface area (Å²) in [5, 5.41) is 0. The summed E-state index contributed by atoms with van der Waals surface area (Å²) in [7, 11) is 1.75. The molecule has 1 aliphatic carbocycles. The summed E-state index contributed by atoms with van der Waals surface area (Å²) in [5.74, 6) is 2.47. The second-order valence-electron chi connectivity index (χ2n) is 5.45. The van der Waals surface area contributed by atoms with Crippen molar-refractivity contribution in [2.24, 2.45) is 5.92 Å². The van der Waals surface area contributed by atoms with Crippen molar-refractivity contribution in [1.29, 1.82) is 0 Å². The van der Waals surface area contributed by atoms with Gasteiger partial charge in [-0.15, -0.1) is 6.58 Å². The second-order valence-corrected chi connectivity index (χ2v) is 5.45. The van der Waals surface area contributed by atoms with Crippen molar-refractivity contribution in [3.05, 3.63) is 41.5 Å². The van der Waals surface area contributed by atoms with E-state index in [4.69, 9.17) is 4.74 Å². The van der Waals surface area contributed by atoms with Crippen molar-refractivity contribution in [2.45, 2.75) is 45.4 Å². The predicted molar refractivity (Wildman–Crippen MR) is 77.4 cm³/mol. The lowest BCUT2D eigenvalue weighted by atomic mass is 9.77. The Morgan fingerprint density at radius 1 is 1.11 bits per heavy atom. The van der Waals surface area contributed by atoms with E-state index in [1.807, 2.05) is 0 Å². The molecule has 2 rings (SSSR count). The van der Waals surface area contributed by atoms with Crippen LogP contribution in [0.3, 0.4) is 0 Å². The van der Waals surface area contributed by atoms with Crippen LogP contribution in [0.25, 0.3) is 0 Å². The lowest BCUT2D eigenvalue weighted by Gasteiger charge is -2.28. The topological polar surface area (TPSA) is 9.23 Å². The maximum atomic E-state index is 5.39. The first-order valence-electron chi connectivity index (χ1n) is 6.94. The van der Waals surface area contributed by atoms with Crippen LogP contribution in [0.1, 0.15) is 48.3 Å². The Kier molecular flexibility index (Phi) is 4.11. The summed E-state index contributed by atoms with van der Waals surface area (Å²) in [5.41, 5.74) is 4.23. The van der Waals surface area contributed by atoms with E-state index in [9.17, 15) is 0 Å². The van der Waals surface area contributed by atoms with E-state index in [0.717, 1.165) is 17.6 Å². The zero-order valence-electron chi connectivity index (χ0n) is 11.8. The van der Waals surface area contributed by atoms with Gasteiger partial charge in [0.1, 0.15) is 5.75 Å². The molecule has 1 saturated carbocycles. The molecule has 0 aliphatic heterocycles. The van der Waals surface area contributed by atoms with Crippen molar-refractivity contribution in [3.63, 3.8) is 0 Å². The van der Waals surface area contributed by atoms with Crippen molar-refractivity contribution in [3.8, 4) is 5.75 Å². The van der Waals surface area contributed by atoms with Crippen LogP contribution in [0, 0.1) is 19.8 Å². The van der Waals surface area contributed by atoms with Crippen LogP contribution < -0.4 is 4.74 Å². The highest BCUT2D eigenvalue weighted by molar-refractivity contribution is 5.45. The normalized spacial score (nSPS) is 23.7. The third-order valence-corrected chi connectivity index (χ3v) is 4.54. The fraction of sp³-hybridized carbons (Fsp3) is 0.529. The van der Waals surface area contributed by atoms with Gasteiger partial charge in [0.15, 0.2) is 0 Å². The molecule has 0 radical (unpaired) electrons. The predicted octanol–water partition coefficient (Wildman–Crippen LogP) is 4.77. The van der Waals surface area contributed by atoms with Crippen LogP contribution in [0.5, 0.6) is 5.75 Å². The Balaban J connectivity index is 2.19. The molecule has 0 atom stereocenters. The van der Waals surface area contributed by atoms with Crippen LogP contribution in [0.15, 0.2) is 24.8 Å². The van der Waals surface area contributed by atoms with Gasteiger partial charge in [0.25, 0.3) is 0 Å². The highest BCUT2D eigenvalue weighted by Crippen LogP contribution is 2.39. The fourth-order valence-corrected chi connectivity index (χ4v) is 3.15. The molecule has 1 nitrogen and oxygen atoms in total. The summed E-state index contributed by atoms with van der Waals surface area (Å²) in [6.07, 6.45) is 7.30. The SMILES string of the molecule is C=CC1CCC(c2ccc(OC)c(C)c2C)CC1. The molecule has 98 valence electrons. The lowest BCUT2D eigenvalue weighted by Crippen LogP contribution is -2.13. The molecule has 1 aromatic rings. The van der Waals surface area contributed by atoms with E-state index in [2.05, 4.69) is 38.6 Å². The zero-order valence-corrected chi connectivity index (χ0v) is 11.8. The van der Waals surface area contributed by atoms with Gasteiger partial charge in [-0.3, -0.25) is 0 Å². The molecule has 1 aliphatic rings. The Labute approximate surface area is 111 Å². The first kappa shape index (κ1) is 13.2. The minimum atomic E-state index is 0.728. The Hall–Kier alpha value is -1.24. The molecule has 0 unspecified atom stereocenters. The maximum Gasteiger partial charge on any atom is 0.122 e. The van der Waals surface area contributed by atoms with Gasteiger partial charge in [0.05, 0.1) is 7.11 Å². The number of rotatable bonds is 3. The third-order valence-electron chi connectivity index (χ3n) is 4.54. The number of hydrogen-bond donors (Lipinski definition) is 0. The molecule has 18 heavy (non-hydrogen) atoms. The standard InChI is InChI=1S/C17H24O/c1-5-14-6-8-15(9-7-14)16-10-11-17(18-4)13(3)12(16)2/h5,10-11,14-15H,1,6-9H2,2-4H3. The minimum absolute atomic E-state index is 0.728. The maximum absolute atomic E-state index is 5.39. The molecule has 0 saturated heterocycles. The van der Waals surface area contributed by atoms with Crippen molar-refractivity contribution >= 4 is 0 Å². The van der Waals surface area contributed by atoms with Crippen molar-refractivity contribution in [1.82, 2.24) is 0 Å². The molecule has 1 aromatic carbocycles. The molecule has 0 heterocycles. The highest BCUT2D eigenvalue weighted by Gasteiger charge is 2.22. The molecule has 0 aromatic heterocycles. The Morgan fingerprint density at radius 2 is 1.78 bits per heavy atom. The molecule has 1 heteroatoms. The van der Waals surface area contributed by atoms with Gasteiger partial charge in [-0.25, -0.2) is 0 Å². The molecule has 0 bridgehead atoms. The van der Waals surface area contributed by atoms with Gasteiger partial charge >= 0.3 is 0 Å². The summed E-state index contributed by atoms with van der Waals surface area (Å²) in [6, 6.07) is 4.39. The molecule has 0 N–H and O–H groups in total. The van der Waals surface area contributed by atoms with Crippen LogP contribution >= 0.6 is 0 Å². The van der Waals surface area contributed by atoms with Gasteiger partial charge in [0, 0.05) is 0 Å². The number of methoxy groups -OCH3 is 1. The van der Waals surface area contributed by atoms with Gasteiger partial charge in [-0.2, -0.15) is 0 Å². The van der Waals surface area contributed by atoms with Gasteiger partial charge in [-0.1, -0.05) is 12.1 Å². The highest BCUT2D eigenvalue weighted by atomic mass is 16.5. The van der Waals surface area contributed by atoms with E-state index < -0.39 is 0 Å². The largest absolute Gasteiger partial charge is 0.496 e. The fourth-order valence-electron chi connectivity index (χ4n) is 3.15. The van der Waals surface area contributed by atoms with E-state index in [-0.39, 0.29) is 0 Å². The average molecular weight is 244 g/mol. The van der Waals surface area contributed by atoms with Gasteiger partial charge < -0.3 is 4.74 Å². The Morgan fingerprint density at radius 3 is 2.33 bits per heavy atom. The van der Waals surface area contributed by atoms with Crippen LogP contribution in [0.4, 0.5) is 0 Å². The number of allylic oxidation sites excluding steroid dienone is 1. The number of ether oxygens (including phenoxy) is 1. The second kappa shape index (κ2) is 5.60. The van der Waals surface area contributed by atoms with Crippen molar-refractivity contribution < 1.29 is 4.74 Å². The quantitative estimate of drug-likeness (QED) is 0.696. The number of hydrogen-bond acceptors (Lipinski definition) is 1. The molecule has 1 fully saturated rings. The average Bonchev–Trinajstić information content (AvgIpc) is 2.42. The molecular formula is C17H24O. The van der Waals surface area contributed by atoms with E-state index in [1.165, 1.54) is 42.4 Å². The lowest BCUT2D eigenvalue weighted by molar-refractivity contribution is 0.374. The van der Waals surface area contributed by atoms with E-state index in [1.54, 1.807) is 7.11 Å². The first-order valence-corrected chi connectivity index (χ1v) is 6.94. The summed E-state index contributed by atoms with van der Waals surface area (Å²) >= 11 is 0. The van der Waals surface area contributed by atoms with E-state index in [0.29, 0.717) is 0 Å². The van der Waals surface area contributed by atoms with Crippen molar-refractivity contribution in [2.75, 3.05) is 7.11 Å². The summed E-state index contributed by atoms with van der Waals surface area (Å²) in [4.78, 5) is 0. The monoisotopic (exact) mass is 244 g/mol. The van der Waals surface area contributed by atoms with E-state index >= 15 is 0 Å². The van der Waals surface area contributed by atoms with Gasteiger partial charge in [-0.05, 0) is 74.1 Å². The molecule has 0 spiro atoms. The molecular weight excluding hydrogens is 220 g/mol. The third kappa shape index (κ3) is 2.45. The van der Waals surface area contributed by atoms with Crippen LogP contribution in [0.2, 0.25) is 0 Å². The Bertz CT molecular complexity index is 425. The minimum Gasteiger partial charge on any atom is -0.496 e. The van der Waals surface area contributed by atoms with Gasteiger partial charge in [0.2, 0.25) is 0 Å². The first-order chi connectivity index (χ1) is 8.67. The number of benzene rings is 1. The summed E-state index contributed by atoms with van der Waals surface area (Å²) < 4.78 is 5.39. The zero-order chi connectivity index (χ0) is 13.1. The molecule has 0 amide bonds. The van der Waals surface area contributed by atoms with Crippen LogP contribution in [-0.2, 0) is 0 Å². The summed E-state index contributed by atoms with van der Waals surface area (Å²) in [6.45, 7) is 8.31. The van der Waals surface area contributed by atoms with Crippen LogP contribution in [-0.4, -0.2) is 7.11 Å². The smallest absolute Gasteiger partial charge is 0.122 e.